The van der Waals surface area contributed by atoms with Crippen LogP contribution in [-0.2, 0) is 20.6 Å². The number of hydrogen-bond donors (Lipinski definition) is 1. The molecular weight excluding hydrogens is 502 g/mol. The van der Waals surface area contributed by atoms with Gasteiger partial charge >= 0.3 is 0 Å². The highest BCUT2D eigenvalue weighted by atomic mass is 32.2. The summed E-state index contributed by atoms with van der Waals surface area (Å²) in [5.41, 5.74) is 1.69. The number of amides is 2. The monoisotopic (exact) mass is 549 g/mol. The third-order valence-corrected chi connectivity index (χ3v) is 9.87. The Morgan fingerprint density at radius 3 is 2.21 bits per heavy atom. The normalized spacial score (nSPS) is 23.0. The maximum atomic E-state index is 13.1. The number of methoxy groups -OCH3 is 1. The summed E-state index contributed by atoms with van der Waals surface area (Å²) in [5, 5.41) is 2.72. The molecule has 214 valence electrons. The Morgan fingerprint density at radius 1 is 1.03 bits per heavy atom. The SMILES string of the molecule is COc1cc(C)c(S(=O)N(C)CC(=O)NCC(=O)N(C)C2CCC(CN3CCC(N(C)C)C3)CC2)c(C)c1. The van der Waals surface area contributed by atoms with Crippen molar-refractivity contribution in [3.05, 3.63) is 23.3 Å². The Labute approximate surface area is 231 Å². The minimum Gasteiger partial charge on any atom is -0.497 e. The van der Waals surface area contributed by atoms with Crippen LogP contribution in [0.1, 0.15) is 43.2 Å². The van der Waals surface area contributed by atoms with Crippen LogP contribution in [-0.4, -0.2) is 115 Å². The first-order valence-electron chi connectivity index (χ1n) is 13.7. The van der Waals surface area contributed by atoms with Gasteiger partial charge < -0.3 is 24.8 Å². The van der Waals surface area contributed by atoms with Gasteiger partial charge in [-0.25, -0.2) is 8.51 Å². The number of likely N-dealkylation sites (N-methyl/N-ethyl adjacent to an activating group) is 3. The van der Waals surface area contributed by atoms with Crippen molar-refractivity contribution in [3.63, 3.8) is 0 Å². The third kappa shape index (κ3) is 8.00. The van der Waals surface area contributed by atoms with Gasteiger partial charge in [0, 0.05) is 39.3 Å². The van der Waals surface area contributed by atoms with E-state index in [1.54, 1.807) is 19.1 Å². The van der Waals surface area contributed by atoms with E-state index in [1.807, 2.05) is 33.0 Å². The molecule has 1 saturated heterocycles. The van der Waals surface area contributed by atoms with Crippen LogP contribution in [0.15, 0.2) is 17.0 Å². The van der Waals surface area contributed by atoms with Crippen molar-refractivity contribution in [2.45, 2.75) is 62.9 Å². The van der Waals surface area contributed by atoms with Gasteiger partial charge in [0.2, 0.25) is 11.8 Å². The number of carbonyl (C=O) groups excluding carboxylic acids is 2. The largest absolute Gasteiger partial charge is 0.497 e. The fourth-order valence-electron chi connectivity index (χ4n) is 5.76. The molecule has 10 heteroatoms. The first-order valence-corrected chi connectivity index (χ1v) is 14.8. The number of aryl methyl sites for hydroxylation is 2. The number of rotatable bonds is 11. The molecule has 2 aliphatic rings. The first kappa shape index (κ1) is 30.5. The van der Waals surface area contributed by atoms with E-state index in [1.165, 1.54) is 17.3 Å². The molecule has 0 bridgehead atoms. The minimum absolute atomic E-state index is 0.0456. The summed E-state index contributed by atoms with van der Waals surface area (Å²) in [7, 11) is 7.92. The summed E-state index contributed by atoms with van der Waals surface area (Å²) in [4.78, 5) is 32.8. The number of likely N-dealkylation sites (tertiary alicyclic amines) is 1. The zero-order chi connectivity index (χ0) is 28.0. The smallest absolute Gasteiger partial charge is 0.241 e. The van der Waals surface area contributed by atoms with Crippen LogP contribution >= 0.6 is 0 Å². The number of hydrogen-bond acceptors (Lipinski definition) is 6. The number of nitrogens with zero attached hydrogens (tertiary/aromatic N) is 4. The summed E-state index contributed by atoms with van der Waals surface area (Å²) >= 11 is 0. The van der Waals surface area contributed by atoms with Crippen molar-refractivity contribution in [2.24, 2.45) is 5.92 Å². The van der Waals surface area contributed by atoms with Gasteiger partial charge in [-0.15, -0.1) is 0 Å². The molecule has 1 aromatic carbocycles. The number of nitrogens with one attached hydrogen (secondary N) is 1. The van der Waals surface area contributed by atoms with Gasteiger partial charge in [0.05, 0.1) is 25.1 Å². The summed E-state index contributed by atoms with van der Waals surface area (Å²) < 4.78 is 19.9. The maximum absolute atomic E-state index is 13.1. The Bertz CT molecular complexity index is 972. The quantitative estimate of drug-likeness (QED) is 0.455. The molecule has 0 radical (unpaired) electrons. The molecule has 1 N–H and O–H groups in total. The molecule has 9 nitrogen and oxygen atoms in total. The van der Waals surface area contributed by atoms with E-state index in [-0.39, 0.29) is 30.9 Å². The standard InChI is InChI=1S/C28H47N5O4S/c1-20-14-25(37-7)15-21(2)28(20)38(36)31(5)19-26(34)29-16-27(35)32(6)23-10-8-22(9-11-23)17-33-13-12-24(18-33)30(3)4/h14-15,22-24H,8-13,16-19H2,1-7H3,(H,29,34). The van der Waals surface area contributed by atoms with Gasteiger partial charge in [-0.05, 0) is 95.8 Å². The van der Waals surface area contributed by atoms with E-state index in [9.17, 15) is 13.8 Å². The summed E-state index contributed by atoms with van der Waals surface area (Å²) in [6.07, 6.45) is 5.54. The lowest BCUT2D eigenvalue weighted by Gasteiger charge is -2.36. The average Bonchev–Trinajstić information content (AvgIpc) is 3.35. The second-order valence-corrected chi connectivity index (χ2v) is 12.8. The Morgan fingerprint density at radius 2 is 1.66 bits per heavy atom. The van der Waals surface area contributed by atoms with Crippen LogP contribution in [0.4, 0.5) is 0 Å². The minimum atomic E-state index is -1.50. The second kappa shape index (κ2) is 13.9. The molecule has 1 saturated carbocycles. The van der Waals surface area contributed by atoms with E-state index >= 15 is 0 Å². The molecule has 0 spiro atoms. The summed E-state index contributed by atoms with van der Waals surface area (Å²) in [6, 6.07) is 4.56. The molecule has 1 aliphatic heterocycles. The van der Waals surface area contributed by atoms with Crippen molar-refractivity contribution in [3.8, 4) is 5.75 Å². The zero-order valence-electron chi connectivity index (χ0n) is 24.3. The van der Waals surface area contributed by atoms with Crippen molar-refractivity contribution in [2.75, 3.05) is 68.0 Å². The van der Waals surface area contributed by atoms with Gasteiger partial charge in [-0.2, -0.15) is 0 Å². The molecule has 38 heavy (non-hydrogen) atoms. The first-order chi connectivity index (χ1) is 18.0. The number of carbonyl (C=O) groups is 2. The molecular formula is C28H47N5O4S. The predicted molar refractivity (Wildman–Crippen MR) is 152 cm³/mol. The molecule has 1 aromatic rings. The topological polar surface area (TPSA) is 85.4 Å². The lowest BCUT2D eigenvalue weighted by molar-refractivity contribution is -0.134. The summed E-state index contributed by atoms with van der Waals surface area (Å²) in [6.45, 7) is 7.16. The van der Waals surface area contributed by atoms with Crippen molar-refractivity contribution in [1.82, 2.24) is 24.3 Å². The van der Waals surface area contributed by atoms with Gasteiger partial charge in [-0.3, -0.25) is 9.59 Å². The van der Waals surface area contributed by atoms with Crippen molar-refractivity contribution >= 4 is 22.8 Å². The second-order valence-electron chi connectivity index (χ2n) is 11.2. The highest BCUT2D eigenvalue weighted by Gasteiger charge is 2.30. The van der Waals surface area contributed by atoms with Crippen LogP contribution in [0, 0.1) is 19.8 Å². The molecule has 2 unspecified atom stereocenters. The molecule has 1 heterocycles. The summed E-state index contributed by atoms with van der Waals surface area (Å²) in [5.74, 6) is 1.00. The van der Waals surface area contributed by atoms with Gasteiger partial charge in [-0.1, -0.05) is 0 Å². The average molecular weight is 550 g/mol. The molecule has 2 amide bonds. The van der Waals surface area contributed by atoms with Crippen molar-refractivity contribution < 1.29 is 18.5 Å². The lowest BCUT2D eigenvalue weighted by Crippen LogP contribution is -2.46. The van der Waals surface area contributed by atoms with Crippen LogP contribution in [0.2, 0.25) is 0 Å². The zero-order valence-corrected chi connectivity index (χ0v) is 25.1. The van der Waals surface area contributed by atoms with Crippen LogP contribution in [0.25, 0.3) is 0 Å². The van der Waals surface area contributed by atoms with Crippen LogP contribution in [0.3, 0.4) is 0 Å². The third-order valence-electron chi connectivity index (χ3n) is 8.18. The number of ether oxygens (including phenoxy) is 1. The van der Waals surface area contributed by atoms with E-state index in [2.05, 4.69) is 29.2 Å². The highest BCUT2D eigenvalue weighted by molar-refractivity contribution is 7.82. The molecule has 3 rings (SSSR count). The van der Waals surface area contributed by atoms with Crippen LogP contribution < -0.4 is 10.1 Å². The van der Waals surface area contributed by atoms with Crippen molar-refractivity contribution in [1.29, 1.82) is 0 Å². The Kier molecular flexibility index (Phi) is 11.1. The van der Waals surface area contributed by atoms with E-state index in [4.69, 9.17) is 4.74 Å². The molecule has 2 atom stereocenters. The fraction of sp³-hybridized carbons (Fsp3) is 0.714. The predicted octanol–water partition coefficient (Wildman–Crippen LogP) is 2.04. The molecule has 1 aliphatic carbocycles. The number of benzene rings is 1. The van der Waals surface area contributed by atoms with Gasteiger partial charge in [0.15, 0.2) is 0 Å². The van der Waals surface area contributed by atoms with E-state index < -0.39 is 11.0 Å². The highest BCUT2D eigenvalue weighted by Crippen LogP contribution is 2.29. The van der Waals surface area contributed by atoms with Gasteiger partial charge in [0.1, 0.15) is 16.7 Å². The Balaban J connectivity index is 1.40. The lowest BCUT2D eigenvalue weighted by atomic mass is 9.85. The maximum Gasteiger partial charge on any atom is 0.241 e. The van der Waals surface area contributed by atoms with E-state index in [0.717, 1.165) is 49.9 Å². The molecule has 0 aromatic heterocycles. The fourth-order valence-corrected chi connectivity index (χ4v) is 6.97. The van der Waals surface area contributed by atoms with E-state index in [0.29, 0.717) is 22.6 Å². The van der Waals surface area contributed by atoms with Crippen LogP contribution in [0.5, 0.6) is 5.75 Å². The Hall–Kier alpha value is -2.01. The molecule has 2 fully saturated rings. The van der Waals surface area contributed by atoms with Gasteiger partial charge in [0.25, 0.3) is 0 Å².